The van der Waals surface area contributed by atoms with Crippen LogP contribution >= 0.6 is 0 Å². The molecule has 0 aromatic heterocycles. The second kappa shape index (κ2) is 8.30. The van der Waals surface area contributed by atoms with Gasteiger partial charge in [-0.15, -0.1) is 0 Å². The lowest BCUT2D eigenvalue weighted by molar-refractivity contribution is -0.120. The van der Waals surface area contributed by atoms with E-state index in [-0.39, 0.29) is 5.91 Å². The van der Waals surface area contributed by atoms with Crippen LogP contribution in [0.3, 0.4) is 0 Å². The number of nitrogens with zero attached hydrogens (tertiary/aromatic N) is 1. The van der Waals surface area contributed by atoms with Crippen LogP contribution in [0.5, 0.6) is 0 Å². The average molecular weight is 244 g/mol. The van der Waals surface area contributed by atoms with E-state index in [1.165, 1.54) is 19.3 Å². The van der Waals surface area contributed by atoms with Crippen LogP contribution < -0.4 is 5.32 Å². The molecule has 1 aromatic carbocycles. The Kier molecular flexibility index (Phi) is 6.56. The van der Waals surface area contributed by atoms with Gasteiger partial charge < -0.3 is 5.32 Å². The normalized spacial score (nSPS) is 9.78. The molecule has 1 rings (SSSR count). The molecule has 0 fully saturated rings. The fourth-order valence-corrected chi connectivity index (χ4v) is 1.72. The molecule has 18 heavy (non-hydrogen) atoms. The van der Waals surface area contributed by atoms with E-state index in [1.54, 1.807) is 12.1 Å². The third-order valence-electron chi connectivity index (χ3n) is 2.80. The van der Waals surface area contributed by atoms with E-state index in [1.807, 2.05) is 12.1 Å². The average Bonchev–Trinajstić information content (AvgIpc) is 2.39. The first kappa shape index (κ1) is 14.2. The predicted molar refractivity (Wildman–Crippen MR) is 72.0 cm³/mol. The summed E-state index contributed by atoms with van der Waals surface area (Å²) in [6.07, 6.45) is 5.05. The number of benzene rings is 1. The van der Waals surface area contributed by atoms with Gasteiger partial charge in [-0.05, 0) is 24.1 Å². The summed E-state index contributed by atoms with van der Waals surface area (Å²) in [5, 5.41) is 11.6. The Balaban J connectivity index is 2.25. The molecule has 1 amide bonds. The third kappa shape index (κ3) is 5.49. The lowest BCUT2D eigenvalue weighted by atomic mass is 10.1. The highest BCUT2D eigenvalue weighted by Gasteiger charge is 2.02. The Bertz CT molecular complexity index is 403. The van der Waals surface area contributed by atoms with E-state index in [2.05, 4.69) is 18.3 Å². The van der Waals surface area contributed by atoms with E-state index < -0.39 is 0 Å². The van der Waals surface area contributed by atoms with Crippen LogP contribution in [0.25, 0.3) is 0 Å². The van der Waals surface area contributed by atoms with Gasteiger partial charge in [-0.3, -0.25) is 4.79 Å². The Labute approximate surface area is 109 Å². The number of carbonyl (C=O) groups excluding carboxylic acids is 1. The number of hydrogen-bond donors (Lipinski definition) is 1. The highest BCUT2D eigenvalue weighted by atomic mass is 16.1. The zero-order chi connectivity index (χ0) is 13.2. The number of nitriles is 1. The van der Waals surface area contributed by atoms with Gasteiger partial charge >= 0.3 is 0 Å². The number of carbonyl (C=O) groups is 1. The van der Waals surface area contributed by atoms with Crippen molar-refractivity contribution in [1.82, 2.24) is 5.32 Å². The molecule has 0 radical (unpaired) electrons. The van der Waals surface area contributed by atoms with Crippen LogP contribution in [0.4, 0.5) is 0 Å². The molecule has 3 heteroatoms. The third-order valence-corrected chi connectivity index (χ3v) is 2.80. The lowest BCUT2D eigenvalue weighted by Crippen LogP contribution is -2.26. The summed E-state index contributed by atoms with van der Waals surface area (Å²) < 4.78 is 0. The summed E-state index contributed by atoms with van der Waals surface area (Å²) in [6.45, 7) is 2.93. The Morgan fingerprint density at radius 2 is 1.94 bits per heavy atom. The highest BCUT2D eigenvalue weighted by molar-refractivity contribution is 5.78. The van der Waals surface area contributed by atoms with E-state index in [0.29, 0.717) is 12.0 Å². The van der Waals surface area contributed by atoms with Crippen molar-refractivity contribution in [1.29, 1.82) is 5.26 Å². The predicted octanol–water partition coefficient (Wildman–Crippen LogP) is 2.80. The van der Waals surface area contributed by atoms with Gasteiger partial charge in [0, 0.05) is 6.54 Å². The van der Waals surface area contributed by atoms with Gasteiger partial charge in [0.15, 0.2) is 0 Å². The van der Waals surface area contributed by atoms with Crippen molar-refractivity contribution in [2.45, 2.75) is 39.0 Å². The summed E-state index contributed by atoms with van der Waals surface area (Å²) in [7, 11) is 0. The minimum Gasteiger partial charge on any atom is -0.356 e. The molecule has 0 saturated heterocycles. The molecule has 0 heterocycles. The number of nitrogens with one attached hydrogen (secondary N) is 1. The minimum atomic E-state index is 0.0520. The van der Waals surface area contributed by atoms with Gasteiger partial charge in [0.25, 0.3) is 0 Å². The van der Waals surface area contributed by atoms with E-state index in [9.17, 15) is 4.79 Å². The van der Waals surface area contributed by atoms with E-state index in [4.69, 9.17) is 5.26 Å². The molecule has 0 aliphatic carbocycles. The van der Waals surface area contributed by atoms with Crippen molar-refractivity contribution in [3.63, 3.8) is 0 Å². The molecule has 1 aromatic rings. The Morgan fingerprint density at radius 1 is 1.22 bits per heavy atom. The number of amides is 1. The fourth-order valence-electron chi connectivity index (χ4n) is 1.72. The molecule has 0 aliphatic rings. The Morgan fingerprint density at radius 3 is 2.56 bits per heavy atom. The van der Waals surface area contributed by atoms with Gasteiger partial charge in [0.2, 0.25) is 5.91 Å². The zero-order valence-corrected chi connectivity index (χ0v) is 10.9. The summed E-state index contributed by atoms with van der Waals surface area (Å²) in [5.41, 5.74) is 1.57. The number of unbranched alkanes of at least 4 members (excludes halogenated alkanes) is 3. The van der Waals surface area contributed by atoms with Crippen molar-refractivity contribution in [2.75, 3.05) is 6.54 Å². The first-order chi connectivity index (χ1) is 8.76. The van der Waals surface area contributed by atoms with Gasteiger partial charge in [-0.1, -0.05) is 38.3 Å². The maximum absolute atomic E-state index is 11.6. The summed E-state index contributed by atoms with van der Waals surface area (Å²) in [4.78, 5) is 11.6. The molecule has 0 atom stereocenters. The smallest absolute Gasteiger partial charge is 0.224 e. The number of rotatable bonds is 7. The standard InChI is InChI=1S/C15H20N2O/c1-2-3-4-5-10-17-15(18)11-13-6-8-14(12-16)9-7-13/h6-9H,2-5,10-11H2,1H3,(H,17,18). The van der Waals surface area contributed by atoms with Crippen LogP contribution in [-0.2, 0) is 11.2 Å². The highest BCUT2D eigenvalue weighted by Crippen LogP contribution is 2.04. The monoisotopic (exact) mass is 244 g/mol. The first-order valence-corrected chi connectivity index (χ1v) is 6.52. The second-order valence-electron chi connectivity index (χ2n) is 4.40. The molecule has 0 aliphatic heterocycles. The molecule has 0 unspecified atom stereocenters. The van der Waals surface area contributed by atoms with Gasteiger partial charge in [-0.25, -0.2) is 0 Å². The fraction of sp³-hybridized carbons (Fsp3) is 0.467. The van der Waals surface area contributed by atoms with Crippen molar-refractivity contribution in [3.05, 3.63) is 35.4 Å². The molecule has 96 valence electrons. The van der Waals surface area contributed by atoms with Crippen molar-refractivity contribution in [2.24, 2.45) is 0 Å². The minimum absolute atomic E-state index is 0.0520. The molecule has 0 spiro atoms. The topological polar surface area (TPSA) is 52.9 Å². The maximum Gasteiger partial charge on any atom is 0.224 e. The molecule has 0 bridgehead atoms. The first-order valence-electron chi connectivity index (χ1n) is 6.52. The summed E-state index contributed by atoms with van der Waals surface area (Å²) >= 11 is 0. The lowest BCUT2D eigenvalue weighted by Gasteiger charge is -2.05. The molecular formula is C15H20N2O. The van der Waals surface area contributed by atoms with Crippen molar-refractivity contribution >= 4 is 5.91 Å². The van der Waals surface area contributed by atoms with Crippen LogP contribution in [0, 0.1) is 11.3 Å². The maximum atomic E-state index is 11.6. The quantitative estimate of drug-likeness (QED) is 0.750. The van der Waals surface area contributed by atoms with Gasteiger partial charge in [-0.2, -0.15) is 5.26 Å². The molecule has 0 saturated carbocycles. The molecule has 1 N–H and O–H groups in total. The van der Waals surface area contributed by atoms with Crippen LogP contribution in [-0.4, -0.2) is 12.5 Å². The Hall–Kier alpha value is -1.82. The van der Waals surface area contributed by atoms with Crippen molar-refractivity contribution < 1.29 is 4.79 Å². The zero-order valence-electron chi connectivity index (χ0n) is 10.9. The van der Waals surface area contributed by atoms with Crippen LogP contribution in [0.2, 0.25) is 0 Å². The van der Waals surface area contributed by atoms with Crippen molar-refractivity contribution in [3.8, 4) is 6.07 Å². The largest absolute Gasteiger partial charge is 0.356 e. The van der Waals surface area contributed by atoms with Gasteiger partial charge in [0.05, 0.1) is 18.1 Å². The molecule has 3 nitrogen and oxygen atoms in total. The SMILES string of the molecule is CCCCCCNC(=O)Cc1ccc(C#N)cc1. The summed E-state index contributed by atoms with van der Waals surface area (Å²) in [5.74, 6) is 0.0520. The van der Waals surface area contributed by atoms with Crippen LogP contribution in [0.1, 0.15) is 43.7 Å². The van der Waals surface area contributed by atoms with Crippen LogP contribution in [0.15, 0.2) is 24.3 Å². The van der Waals surface area contributed by atoms with Gasteiger partial charge in [0.1, 0.15) is 0 Å². The summed E-state index contributed by atoms with van der Waals surface area (Å²) in [6, 6.07) is 9.20. The molecular weight excluding hydrogens is 224 g/mol. The van der Waals surface area contributed by atoms with E-state index >= 15 is 0 Å². The van der Waals surface area contributed by atoms with E-state index in [0.717, 1.165) is 18.5 Å². The second-order valence-corrected chi connectivity index (χ2v) is 4.40. The number of hydrogen-bond acceptors (Lipinski definition) is 2.